The van der Waals surface area contributed by atoms with Gasteiger partial charge in [0.25, 0.3) is 0 Å². The Balaban J connectivity index is 1.23. The molecule has 0 spiro atoms. The lowest BCUT2D eigenvalue weighted by Crippen LogP contribution is -2.58. The molecule has 0 saturated carbocycles. The molecular weight excluding hydrogens is 537 g/mol. The third kappa shape index (κ3) is 6.07. The molecule has 4 heterocycles. The number of likely N-dealkylation sites (tertiary alicyclic amines) is 1. The van der Waals surface area contributed by atoms with Crippen LogP contribution < -0.4 is 4.74 Å². The van der Waals surface area contributed by atoms with Gasteiger partial charge in [0, 0.05) is 38.4 Å². The summed E-state index contributed by atoms with van der Waals surface area (Å²) in [5.41, 5.74) is 3.48. The van der Waals surface area contributed by atoms with E-state index in [4.69, 9.17) is 9.84 Å². The maximum Gasteiger partial charge on any atom is 0.341 e. The van der Waals surface area contributed by atoms with Crippen LogP contribution in [0, 0.1) is 30.3 Å². The highest BCUT2D eigenvalue weighted by Crippen LogP contribution is 2.33. The van der Waals surface area contributed by atoms with Crippen molar-refractivity contribution in [2.45, 2.75) is 51.7 Å². The zero-order valence-electron chi connectivity index (χ0n) is 23.2. The lowest BCUT2D eigenvalue weighted by molar-refractivity contribution is 0.0256. The highest BCUT2D eigenvalue weighted by Gasteiger charge is 2.39. The van der Waals surface area contributed by atoms with E-state index in [0.717, 1.165) is 48.5 Å². The topological polar surface area (TPSA) is 96.1 Å². The molecule has 2 aliphatic rings. The van der Waals surface area contributed by atoms with E-state index >= 15 is 0 Å². The van der Waals surface area contributed by atoms with E-state index < -0.39 is 35.6 Å². The molecule has 2 aliphatic heterocycles. The second-order valence-electron chi connectivity index (χ2n) is 10.7. The summed E-state index contributed by atoms with van der Waals surface area (Å²) in [6, 6.07) is 3.68. The molecule has 1 N–H and O–H groups in total. The maximum absolute atomic E-state index is 14.7. The fraction of sp³-hybridized carbons (Fsp3) is 0.448. The number of rotatable bonds is 9. The van der Waals surface area contributed by atoms with Crippen molar-refractivity contribution in [2.24, 2.45) is 18.1 Å². The quantitative estimate of drug-likeness (QED) is 0.400. The molecule has 2 aromatic heterocycles. The minimum Gasteiger partial charge on any atom is -0.483 e. The molecule has 3 aromatic rings. The van der Waals surface area contributed by atoms with Gasteiger partial charge in [-0.25, -0.2) is 23.0 Å². The fourth-order valence-electron chi connectivity index (χ4n) is 5.30. The van der Waals surface area contributed by atoms with Crippen LogP contribution in [0.5, 0.6) is 5.75 Å². The minimum atomic E-state index is -0.722. The predicted molar refractivity (Wildman–Crippen MR) is 146 cm³/mol. The average molecular weight is 571 g/mol. The number of hydrogen-bond donors (Lipinski definition) is 1. The Morgan fingerprint density at radius 2 is 1.88 bits per heavy atom. The smallest absolute Gasteiger partial charge is 0.341 e. The Morgan fingerprint density at radius 1 is 1.15 bits per heavy atom. The van der Waals surface area contributed by atoms with Crippen molar-refractivity contribution in [2.75, 3.05) is 19.7 Å². The van der Waals surface area contributed by atoms with E-state index in [9.17, 15) is 18.0 Å². The fourth-order valence-corrected chi connectivity index (χ4v) is 5.30. The Morgan fingerprint density at radius 3 is 2.59 bits per heavy atom. The molecule has 41 heavy (non-hydrogen) atoms. The van der Waals surface area contributed by atoms with Gasteiger partial charge in [-0.3, -0.25) is 9.67 Å². The van der Waals surface area contributed by atoms with E-state index in [1.165, 1.54) is 28.3 Å². The summed E-state index contributed by atoms with van der Waals surface area (Å²) in [4.78, 5) is 18.9. The number of benzene rings is 1. The molecule has 218 valence electrons. The highest BCUT2D eigenvalue weighted by molar-refractivity contribution is 5.79. The zero-order valence-corrected chi connectivity index (χ0v) is 23.2. The number of halogens is 3. The van der Waals surface area contributed by atoms with Gasteiger partial charge in [-0.2, -0.15) is 10.2 Å². The molecular formula is C29H33F3N6O3. The first-order valence-corrected chi connectivity index (χ1v) is 13.7. The van der Waals surface area contributed by atoms with Gasteiger partial charge in [-0.15, -0.1) is 0 Å². The molecule has 0 aliphatic carbocycles. The number of aliphatic hydroxyl groups is 1. The summed E-state index contributed by atoms with van der Waals surface area (Å²) in [5.74, 6) is -1.66. The lowest BCUT2D eigenvalue weighted by Gasteiger charge is -2.41. The SMILES string of the molecule is Cc1c(CCC(C)CCO)nn(C)c1-c1cc(OC2CN(C(=O)N3N=CC[C@H]3c3cc(F)cc(F)c3)C2)c(F)cn1. The third-order valence-electron chi connectivity index (χ3n) is 7.65. The Bertz CT molecular complexity index is 1440. The van der Waals surface area contributed by atoms with Crippen molar-refractivity contribution in [3.63, 3.8) is 0 Å². The molecule has 1 unspecified atom stereocenters. The first-order valence-electron chi connectivity index (χ1n) is 13.7. The Labute approximate surface area is 236 Å². The Hall–Kier alpha value is -3.93. The summed E-state index contributed by atoms with van der Waals surface area (Å²) < 4.78 is 49.8. The van der Waals surface area contributed by atoms with Crippen LogP contribution in [0.1, 0.15) is 49.0 Å². The summed E-state index contributed by atoms with van der Waals surface area (Å²) in [7, 11) is 1.82. The van der Waals surface area contributed by atoms with Crippen molar-refractivity contribution in [1.29, 1.82) is 0 Å². The monoisotopic (exact) mass is 570 g/mol. The molecule has 9 nitrogen and oxygen atoms in total. The number of ether oxygens (including phenoxy) is 1. The van der Waals surface area contributed by atoms with Crippen LogP contribution in [0.15, 0.2) is 35.6 Å². The summed E-state index contributed by atoms with van der Waals surface area (Å²) in [6.07, 6.45) is 4.93. The first-order chi connectivity index (χ1) is 19.6. The zero-order chi connectivity index (χ0) is 29.3. The molecule has 2 amide bonds. The number of hydrogen-bond acceptors (Lipinski definition) is 6. The van der Waals surface area contributed by atoms with Crippen LogP contribution in [-0.2, 0) is 13.5 Å². The van der Waals surface area contributed by atoms with Gasteiger partial charge in [-0.1, -0.05) is 6.92 Å². The van der Waals surface area contributed by atoms with Crippen LogP contribution in [-0.4, -0.2) is 67.8 Å². The van der Waals surface area contributed by atoms with Gasteiger partial charge in [0.15, 0.2) is 11.6 Å². The van der Waals surface area contributed by atoms with E-state index in [-0.39, 0.29) is 25.4 Å². The van der Waals surface area contributed by atoms with Gasteiger partial charge in [0.1, 0.15) is 17.7 Å². The van der Waals surface area contributed by atoms with E-state index in [1.54, 1.807) is 10.7 Å². The molecule has 5 rings (SSSR count). The number of carbonyl (C=O) groups excluding carboxylic acids is 1. The maximum atomic E-state index is 14.7. The van der Waals surface area contributed by atoms with E-state index in [1.807, 2.05) is 14.0 Å². The molecule has 0 bridgehead atoms. The lowest BCUT2D eigenvalue weighted by atomic mass is 9.99. The number of amides is 2. The Kier molecular flexibility index (Phi) is 8.30. The first kappa shape index (κ1) is 28.6. The van der Waals surface area contributed by atoms with Gasteiger partial charge in [-0.05, 0) is 55.4 Å². The van der Waals surface area contributed by atoms with Gasteiger partial charge >= 0.3 is 6.03 Å². The average Bonchev–Trinajstić information content (AvgIpc) is 3.49. The number of aromatic nitrogens is 3. The molecule has 1 aromatic carbocycles. The van der Waals surface area contributed by atoms with Crippen molar-refractivity contribution in [3.05, 3.63) is 64.7 Å². The van der Waals surface area contributed by atoms with Crippen molar-refractivity contribution >= 4 is 12.2 Å². The number of hydrazone groups is 1. The van der Waals surface area contributed by atoms with E-state index in [0.29, 0.717) is 23.6 Å². The van der Waals surface area contributed by atoms with Gasteiger partial charge < -0.3 is 14.7 Å². The molecule has 1 saturated heterocycles. The molecule has 2 atom stereocenters. The second kappa shape index (κ2) is 11.9. The number of urea groups is 1. The molecule has 12 heteroatoms. The largest absolute Gasteiger partial charge is 0.483 e. The summed E-state index contributed by atoms with van der Waals surface area (Å²) in [6.45, 7) is 4.62. The van der Waals surface area contributed by atoms with Crippen molar-refractivity contribution in [1.82, 2.24) is 24.7 Å². The number of pyridine rings is 1. The second-order valence-corrected chi connectivity index (χ2v) is 10.7. The number of aryl methyl sites for hydroxylation is 2. The standard InChI is InChI=1S/C29H33F3N6O3/c1-17(7-9-39)4-5-24-18(2)28(36(3)35-24)25-13-27(23(32)14-33-25)41-22-15-37(16-22)29(40)38-26(6-8-34-38)19-10-20(30)12-21(31)11-19/h8,10-14,17,22,26,39H,4-7,9,15-16H2,1-3H3/t17?,26-/m0/s1. The normalized spacial score (nSPS) is 17.7. The van der Waals surface area contributed by atoms with Crippen molar-refractivity contribution in [3.8, 4) is 17.1 Å². The highest BCUT2D eigenvalue weighted by atomic mass is 19.1. The van der Waals surface area contributed by atoms with Crippen LogP contribution >= 0.6 is 0 Å². The van der Waals surface area contributed by atoms with Crippen LogP contribution in [0.25, 0.3) is 11.4 Å². The number of aliphatic hydroxyl groups excluding tert-OH is 1. The van der Waals surface area contributed by atoms with Crippen LogP contribution in [0.3, 0.4) is 0 Å². The number of carbonyl (C=O) groups is 1. The number of nitrogens with zero attached hydrogens (tertiary/aromatic N) is 6. The van der Waals surface area contributed by atoms with E-state index in [2.05, 4.69) is 22.1 Å². The van der Waals surface area contributed by atoms with Gasteiger partial charge in [0.2, 0.25) is 0 Å². The van der Waals surface area contributed by atoms with Gasteiger partial charge in [0.05, 0.1) is 42.4 Å². The van der Waals surface area contributed by atoms with Crippen LogP contribution in [0.4, 0.5) is 18.0 Å². The third-order valence-corrected chi connectivity index (χ3v) is 7.65. The predicted octanol–water partition coefficient (Wildman–Crippen LogP) is 4.77. The van der Waals surface area contributed by atoms with Crippen molar-refractivity contribution < 1.29 is 27.8 Å². The van der Waals surface area contributed by atoms with Crippen LogP contribution in [0.2, 0.25) is 0 Å². The molecule has 1 fully saturated rings. The minimum absolute atomic E-state index is 0.0260. The molecule has 0 radical (unpaired) electrons. The summed E-state index contributed by atoms with van der Waals surface area (Å²) >= 11 is 0. The summed E-state index contributed by atoms with van der Waals surface area (Å²) in [5, 5.41) is 19.1.